The monoisotopic (exact) mass is 214 g/mol. The van der Waals surface area contributed by atoms with Crippen molar-refractivity contribution in [3.63, 3.8) is 0 Å². The van der Waals surface area contributed by atoms with Gasteiger partial charge in [-0.25, -0.2) is 4.79 Å². The predicted octanol–water partition coefficient (Wildman–Crippen LogP) is 1.93. The van der Waals surface area contributed by atoms with Crippen molar-refractivity contribution < 1.29 is 9.53 Å². The lowest BCUT2D eigenvalue weighted by molar-refractivity contribution is 0.0601. The number of esters is 1. The molecule has 4 nitrogen and oxygen atoms in total. The van der Waals surface area contributed by atoms with E-state index in [9.17, 15) is 4.79 Å². The van der Waals surface area contributed by atoms with Crippen LogP contribution in [0.25, 0.3) is 11.4 Å². The smallest absolute Gasteiger partial charge is 0.340 e. The summed E-state index contributed by atoms with van der Waals surface area (Å²) in [5.41, 5.74) is 1.61. The molecule has 0 saturated carbocycles. The zero-order chi connectivity index (χ0) is 11.4. The van der Waals surface area contributed by atoms with Crippen molar-refractivity contribution in [3.8, 4) is 11.4 Å². The first-order valence-corrected chi connectivity index (χ1v) is 4.77. The Labute approximate surface area is 92.9 Å². The van der Waals surface area contributed by atoms with Gasteiger partial charge in [-0.05, 0) is 24.3 Å². The molecule has 0 saturated heterocycles. The van der Waals surface area contributed by atoms with E-state index in [4.69, 9.17) is 4.74 Å². The molecule has 0 amide bonds. The van der Waals surface area contributed by atoms with Gasteiger partial charge in [0, 0.05) is 12.4 Å². The lowest BCUT2D eigenvalue weighted by Gasteiger charge is -2.05. The Balaban J connectivity index is 2.53. The van der Waals surface area contributed by atoms with E-state index in [1.807, 2.05) is 12.1 Å². The van der Waals surface area contributed by atoms with Gasteiger partial charge in [-0.1, -0.05) is 6.07 Å². The number of nitrogens with zero attached hydrogens (tertiary/aromatic N) is 2. The van der Waals surface area contributed by atoms with Crippen LogP contribution in [0.3, 0.4) is 0 Å². The van der Waals surface area contributed by atoms with Gasteiger partial charge < -0.3 is 4.74 Å². The highest BCUT2D eigenvalue weighted by Crippen LogP contribution is 2.18. The second kappa shape index (κ2) is 4.53. The average Bonchev–Trinajstić information content (AvgIpc) is 2.39. The fraction of sp³-hybridized carbons (Fsp3) is 0.0833. The van der Waals surface area contributed by atoms with Crippen molar-refractivity contribution in [3.05, 3.63) is 48.3 Å². The maximum atomic E-state index is 11.5. The van der Waals surface area contributed by atoms with Gasteiger partial charge in [0.2, 0.25) is 0 Å². The Kier molecular flexibility index (Phi) is 2.91. The summed E-state index contributed by atoms with van der Waals surface area (Å²) in [6.45, 7) is 0. The molecule has 0 aliphatic heterocycles. The molecule has 16 heavy (non-hydrogen) atoms. The van der Waals surface area contributed by atoms with Crippen LogP contribution in [0.4, 0.5) is 0 Å². The summed E-state index contributed by atoms with van der Waals surface area (Å²) >= 11 is 0. The van der Waals surface area contributed by atoms with Crippen LogP contribution in [0.1, 0.15) is 10.4 Å². The van der Waals surface area contributed by atoms with E-state index in [2.05, 4.69) is 9.97 Å². The van der Waals surface area contributed by atoms with Crippen LogP contribution in [0.5, 0.6) is 0 Å². The lowest BCUT2D eigenvalue weighted by Crippen LogP contribution is -2.05. The zero-order valence-corrected chi connectivity index (χ0v) is 8.75. The quantitative estimate of drug-likeness (QED) is 0.717. The fourth-order valence-electron chi connectivity index (χ4n) is 1.39. The third-order valence-electron chi connectivity index (χ3n) is 2.12. The van der Waals surface area contributed by atoms with E-state index in [1.165, 1.54) is 7.11 Å². The SMILES string of the molecule is COC(=O)c1cccnc1-c1ccccn1. The molecule has 0 atom stereocenters. The number of hydrogen-bond donors (Lipinski definition) is 0. The van der Waals surface area contributed by atoms with Gasteiger partial charge in [0.15, 0.2) is 0 Å². The molecule has 4 heteroatoms. The maximum absolute atomic E-state index is 11.5. The predicted molar refractivity (Wildman–Crippen MR) is 58.8 cm³/mol. The Bertz CT molecular complexity index is 497. The molecule has 2 aromatic rings. The minimum Gasteiger partial charge on any atom is -0.465 e. The first kappa shape index (κ1) is 10.3. The van der Waals surface area contributed by atoms with Crippen molar-refractivity contribution in [2.24, 2.45) is 0 Å². The number of carbonyl (C=O) groups excluding carboxylic acids is 1. The topological polar surface area (TPSA) is 52.1 Å². The van der Waals surface area contributed by atoms with E-state index in [0.717, 1.165) is 0 Å². The summed E-state index contributed by atoms with van der Waals surface area (Å²) in [6, 6.07) is 8.82. The number of hydrogen-bond acceptors (Lipinski definition) is 4. The highest BCUT2D eigenvalue weighted by atomic mass is 16.5. The molecule has 2 aromatic heterocycles. The summed E-state index contributed by atoms with van der Waals surface area (Å²) in [6.07, 6.45) is 3.28. The molecule has 0 aliphatic carbocycles. The Hall–Kier alpha value is -2.23. The molecular formula is C12H10N2O2. The normalized spacial score (nSPS) is 9.81. The summed E-state index contributed by atoms with van der Waals surface area (Å²) in [4.78, 5) is 19.8. The van der Waals surface area contributed by atoms with Crippen molar-refractivity contribution in [2.45, 2.75) is 0 Å². The number of ether oxygens (including phenoxy) is 1. The molecule has 0 unspecified atom stereocenters. The number of carbonyl (C=O) groups is 1. The first-order valence-electron chi connectivity index (χ1n) is 4.77. The minimum absolute atomic E-state index is 0.409. The van der Waals surface area contributed by atoms with Crippen molar-refractivity contribution in [1.82, 2.24) is 9.97 Å². The molecule has 0 spiro atoms. The number of methoxy groups -OCH3 is 1. The fourth-order valence-corrected chi connectivity index (χ4v) is 1.39. The summed E-state index contributed by atoms with van der Waals surface area (Å²) < 4.78 is 4.69. The van der Waals surface area contributed by atoms with Crippen LogP contribution >= 0.6 is 0 Å². The summed E-state index contributed by atoms with van der Waals surface area (Å²) in [5, 5.41) is 0. The summed E-state index contributed by atoms with van der Waals surface area (Å²) in [5.74, 6) is -0.409. The molecule has 0 N–H and O–H groups in total. The number of aromatic nitrogens is 2. The van der Waals surface area contributed by atoms with Crippen LogP contribution in [-0.2, 0) is 4.74 Å². The van der Waals surface area contributed by atoms with Gasteiger partial charge in [-0.15, -0.1) is 0 Å². The van der Waals surface area contributed by atoms with Crippen LogP contribution < -0.4 is 0 Å². The van der Waals surface area contributed by atoms with Gasteiger partial charge >= 0.3 is 5.97 Å². The van der Waals surface area contributed by atoms with Crippen molar-refractivity contribution in [2.75, 3.05) is 7.11 Å². The first-order chi connectivity index (χ1) is 7.83. The summed E-state index contributed by atoms with van der Waals surface area (Å²) in [7, 11) is 1.34. The second-order valence-electron chi connectivity index (χ2n) is 3.11. The Morgan fingerprint density at radius 2 is 1.94 bits per heavy atom. The van der Waals surface area contributed by atoms with E-state index in [-0.39, 0.29) is 0 Å². The molecule has 0 aromatic carbocycles. The molecule has 0 aliphatic rings. The van der Waals surface area contributed by atoms with E-state index in [1.54, 1.807) is 30.6 Å². The molecule has 2 heterocycles. The van der Waals surface area contributed by atoms with Gasteiger partial charge in [-0.2, -0.15) is 0 Å². The molecule has 0 radical (unpaired) electrons. The van der Waals surface area contributed by atoms with E-state index >= 15 is 0 Å². The average molecular weight is 214 g/mol. The maximum Gasteiger partial charge on any atom is 0.340 e. The number of pyridine rings is 2. The minimum atomic E-state index is -0.409. The third-order valence-corrected chi connectivity index (χ3v) is 2.12. The van der Waals surface area contributed by atoms with Gasteiger partial charge in [0.05, 0.1) is 18.4 Å². The van der Waals surface area contributed by atoms with E-state index in [0.29, 0.717) is 17.0 Å². The van der Waals surface area contributed by atoms with Crippen LogP contribution in [0.15, 0.2) is 42.7 Å². The van der Waals surface area contributed by atoms with Crippen LogP contribution in [-0.4, -0.2) is 23.0 Å². The van der Waals surface area contributed by atoms with Crippen molar-refractivity contribution >= 4 is 5.97 Å². The molecule has 0 fully saturated rings. The lowest BCUT2D eigenvalue weighted by atomic mass is 10.1. The van der Waals surface area contributed by atoms with Crippen LogP contribution in [0.2, 0.25) is 0 Å². The van der Waals surface area contributed by atoms with Gasteiger partial charge in [-0.3, -0.25) is 9.97 Å². The van der Waals surface area contributed by atoms with Crippen molar-refractivity contribution in [1.29, 1.82) is 0 Å². The largest absolute Gasteiger partial charge is 0.465 e. The third kappa shape index (κ3) is 1.91. The molecular weight excluding hydrogens is 204 g/mol. The number of rotatable bonds is 2. The molecule has 80 valence electrons. The zero-order valence-electron chi connectivity index (χ0n) is 8.75. The van der Waals surface area contributed by atoms with E-state index < -0.39 is 5.97 Å². The molecule has 0 bridgehead atoms. The molecule has 2 rings (SSSR count). The highest BCUT2D eigenvalue weighted by molar-refractivity contribution is 5.95. The highest BCUT2D eigenvalue weighted by Gasteiger charge is 2.14. The van der Waals surface area contributed by atoms with Gasteiger partial charge in [0.1, 0.15) is 5.69 Å². The Morgan fingerprint density at radius 1 is 1.12 bits per heavy atom. The van der Waals surface area contributed by atoms with Crippen LogP contribution in [0, 0.1) is 0 Å². The Morgan fingerprint density at radius 3 is 2.62 bits per heavy atom. The standard InChI is InChI=1S/C12H10N2O2/c1-16-12(15)9-5-4-8-14-11(9)10-6-2-3-7-13-10/h2-8H,1H3. The second-order valence-corrected chi connectivity index (χ2v) is 3.11. The van der Waals surface area contributed by atoms with Gasteiger partial charge in [0.25, 0.3) is 0 Å².